The number of rotatable bonds is 4. The third kappa shape index (κ3) is 5.62. The van der Waals surface area contributed by atoms with Crippen molar-refractivity contribution in [3.63, 3.8) is 0 Å². The highest BCUT2D eigenvalue weighted by molar-refractivity contribution is 5.82. The summed E-state index contributed by atoms with van der Waals surface area (Å²) < 4.78 is 44.2. The van der Waals surface area contributed by atoms with E-state index in [2.05, 4.69) is 10.3 Å². The van der Waals surface area contributed by atoms with Gasteiger partial charge < -0.3 is 19.9 Å². The van der Waals surface area contributed by atoms with Crippen LogP contribution in [0.3, 0.4) is 0 Å². The van der Waals surface area contributed by atoms with Crippen LogP contribution in [0.5, 0.6) is 0 Å². The Balaban J connectivity index is 1.60. The summed E-state index contributed by atoms with van der Waals surface area (Å²) in [7, 11) is 0. The Hall–Kier alpha value is -2.29. The lowest BCUT2D eigenvalue weighted by Gasteiger charge is -2.37. The van der Waals surface area contributed by atoms with Gasteiger partial charge in [0.15, 0.2) is 5.96 Å². The van der Waals surface area contributed by atoms with Crippen LogP contribution in [0.4, 0.5) is 13.2 Å². The van der Waals surface area contributed by atoms with Crippen molar-refractivity contribution in [2.45, 2.75) is 38.6 Å². The molecule has 6 nitrogen and oxygen atoms in total. The third-order valence-corrected chi connectivity index (χ3v) is 5.10. The van der Waals surface area contributed by atoms with E-state index in [4.69, 9.17) is 4.74 Å². The van der Waals surface area contributed by atoms with Crippen molar-refractivity contribution in [2.24, 2.45) is 4.99 Å². The number of aliphatic imine (C=N–C) groups is 1. The number of benzene rings is 1. The molecule has 2 heterocycles. The Labute approximate surface area is 168 Å². The molecule has 0 bridgehead atoms. The molecule has 29 heavy (non-hydrogen) atoms. The number of carbonyl (C=O) groups is 1. The largest absolute Gasteiger partial charge is 0.416 e. The van der Waals surface area contributed by atoms with Gasteiger partial charge >= 0.3 is 6.18 Å². The summed E-state index contributed by atoms with van der Waals surface area (Å²) >= 11 is 0. The van der Waals surface area contributed by atoms with E-state index in [1.807, 2.05) is 16.7 Å². The Morgan fingerprint density at radius 3 is 2.59 bits per heavy atom. The Bertz CT molecular complexity index is 725. The number of hydrogen-bond acceptors (Lipinski definition) is 3. The van der Waals surface area contributed by atoms with E-state index in [0.717, 1.165) is 25.0 Å². The van der Waals surface area contributed by atoms with Gasteiger partial charge in [0.05, 0.1) is 12.1 Å². The number of nitrogens with zero attached hydrogens (tertiary/aromatic N) is 3. The number of guanidine groups is 1. The molecule has 1 aromatic carbocycles. The summed E-state index contributed by atoms with van der Waals surface area (Å²) in [5.41, 5.74) is -0.168. The van der Waals surface area contributed by atoms with Gasteiger partial charge in [-0.1, -0.05) is 12.1 Å². The monoisotopic (exact) mass is 412 g/mol. The van der Waals surface area contributed by atoms with Gasteiger partial charge in [-0.2, -0.15) is 13.2 Å². The van der Waals surface area contributed by atoms with Gasteiger partial charge in [-0.3, -0.25) is 4.79 Å². The minimum Gasteiger partial charge on any atom is -0.368 e. The molecule has 0 saturated carbocycles. The maximum atomic E-state index is 12.9. The number of hydrogen-bond donors (Lipinski definition) is 1. The second-order valence-electron chi connectivity index (χ2n) is 7.18. The normalized spacial score (nSPS) is 20.8. The second kappa shape index (κ2) is 9.47. The molecule has 1 aromatic rings. The lowest BCUT2D eigenvalue weighted by Crippen LogP contribution is -2.55. The van der Waals surface area contributed by atoms with Crippen molar-refractivity contribution in [1.29, 1.82) is 0 Å². The highest BCUT2D eigenvalue weighted by Crippen LogP contribution is 2.29. The zero-order valence-electron chi connectivity index (χ0n) is 16.5. The number of piperazine rings is 1. The van der Waals surface area contributed by atoms with Crippen LogP contribution in [0.25, 0.3) is 0 Å². The first-order valence-electron chi connectivity index (χ1n) is 9.98. The van der Waals surface area contributed by atoms with E-state index < -0.39 is 11.7 Å². The molecule has 160 valence electrons. The first-order chi connectivity index (χ1) is 13.9. The van der Waals surface area contributed by atoms with Crippen LogP contribution in [-0.2, 0) is 22.3 Å². The first kappa shape index (κ1) is 21.4. The lowest BCUT2D eigenvalue weighted by atomic mass is 10.1. The predicted octanol–water partition coefficient (Wildman–Crippen LogP) is 2.49. The lowest BCUT2D eigenvalue weighted by molar-refractivity contribution is -0.142. The van der Waals surface area contributed by atoms with E-state index >= 15 is 0 Å². The molecule has 3 rings (SSSR count). The average molecular weight is 412 g/mol. The van der Waals surface area contributed by atoms with Crippen molar-refractivity contribution < 1.29 is 22.7 Å². The Morgan fingerprint density at radius 2 is 1.97 bits per heavy atom. The summed E-state index contributed by atoms with van der Waals surface area (Å²) in [6, 6.07) is 5.23. The van der Waals surface area contributed by atoms with Crippen LogP contribution >= 0.6 is 0 Å². The smallest absolute Gasteiger partial charge is 0.368 e. The van der Waals surface area contributed by atoms with E-state index in [-0.39, 0.29) is 18.6 Å². The zero-order chi connectivity index (χ0) is 20.9. The number of alkyl halides is 3. The standard InChI is InChI=1S/C20H27F3N4O2/c1-2-24-19(25-14-15-5-3-6-16(13-15)20(21,22)23)27-10-8-26(9-11-27)18(28)17-7-4-12-29-17/h3,5-6,13,17H,2,4,7-12,14H2,1H3,(H,24,25). The molecule has 1 N–H and O–H groups in total. The molecule has 0 aromatic heterocycles. The van der Waals surface area contributed by atoms with Crippen LogP contribution < -0.4 is 5.32 Å². The molecule has 2 aliphatic heterocycles. The minimum atomic E-state index is -4.36. The van der Waals surface area contributed by atoms with Gasteiger partial charge in [-0.25, -0.2) is 4.99 Å². The summed E-state index contributed by atoms with van der Waals surface area (Å²) in [5, 5.41) is 3.19. The van der Waals surface area contributed by atoms with E-state index in [1.165, 1.54) is 6.07 Å². The zero-order valence-corrected chi connectivity index (χ0v) is 16.5. The molecular weight excluding hydrogens is 385 g/mol. The topological polar surface area (TPSA) is 57.2 Å². The van der Waals surface area contributed by atoms with Crippen molar-refractivity contribution in [3.05, 3.63) is 35.4 Å². The number of nitrogens with one attached hydrogen (secondary N) is 1. The fraction of sp³-hybridized carbons (Fsp3) is 0.600. The molecule has 1 atom stereocenters. The van der Waals surface area contributed by atoms with Gasteiger partial charge in [0, 0.05) is 39.3 Å². The molecule has 0 radical (unpaired) electrons. The van der Waals surface area contributed by atoms with E-state index in [1.54, 1.807) is 6.07 Å². The molecule has 2 saturated heterocycles. The summed E-state index contributed by atoms with van der Waals surface area (Å²) in [4.78, 5) is 20.8. The number of amides is 1. The minimum absolute atomic E-state index is 0.0491. The van der Waals surface area contributed by atoms with Gasteiger partial charge in [-0.05, 0) is 37.5 Å². The van der Waals surface area contributed by atoms with Gasteiger partial charge in [-0.15, -0.1) is 0 Å². The van der Waals surface area contributed by atoms with Gasteiger partial charge in [0.25, 0.3) is 5.91 Å². The maximum Gasteiger partial charge on any atom is 0.416 e. The maximum absolute atomic E-state index is 12.9. The highest BCUT2D eigenvalue weighted by Gasteiger charge is 2.31. The molecular formula is C20H27F3N4O2. The summed E-state index contributed by atoms with van der Waals surface area (Å²) in [5.74, 6) is 0.696. The third-order valence-electron chi connectivity index (χ3n) is 5.10. The fourth-order valence-electron chi connectivity index (χ4n) is 3.55. The van der Waals surface area contributed by atoms with Gasteiger partial charge in [0.1, 0.15) is 6.10 Å². The molecule has 1 unspecified atom stereocenters. The summed E-state index contributed by atoms with van der Waals surface area (Å²) in [6.45, 7) is 5.77. The molecule has 0 aliphatic carbocycles. The van der Waals surface area contributed by atoms with E-state index in [0.29, 0.717) is 50.9 Å². The van der Waals surface area contributed by atoms with Crippen LogP contribution in [0.1, 0.15) is 30.9 Å². The second-order valence-corrected chi connectivity index (χ2v) is 7.18. The number of carbonyl (C=O) groups excluding carboxylic acids is 1. The van der Waals surface area contributed by atoms with Crippen molar-refractivity contribution in [3.8, 4) is 0 Å². The Kier molecular flexibility index (Phi) is 7.00. The number of ether oxygens (including phenoxy) is 1. The van der Waals surface area contributed by atoms with E-state index in [9.17, 15) is 18.0 Å². The van der Waals surface area contributed by atoms with Crippen molar-refractivity contribution in [2.75, 3.05) is 39.3 Å². The molecule has 2 fully saturated rings. The van der Waals surface area contributed by atoms with Crippen molar-refractivity contribution >= 4 is 11.9 Å². The van der Waals surface area contributed by atoms with Crippen LogP contribution in [0, 0.1) is 0 Å². The predicted molar refractivity (Wildman–Crippen MR) is 103 cm³/mol. The molecule has 2 aliphatic rings. The van der Waals surface area contributed by atoms with Gasteiger partial charge in [0.2, 0.25) is 0 Å². The fourth-order valence-corrected chi connectivity index (χ4v) is 3.55. The van der Waals surface area contributed by atoms with Crippen LogP contribution in [0.2, 0.25) is 0 Å². The Morgan fingerprint density at radius 1 is 1.24 bits per heavy atom. The summed E-state index contributed by atoms with van der Waals surface area (Å²) in [6.07, 6.45) is -2.98. The van der Waals surface area contributed by atoms with Crippen molar-refractivity contribution in [1.82, 2.24) is 15.1 Å². The van der Waals surface area contributed by atoms with Crippen LogP contribution in [0.15, 0.2) is 29.3 Å². The SMILES string of the molecule is CCNC(=NCc1cccc(C(F)(F)F)c1)N1CCN(C(=O)C2CCCO2)CC1. The molecule has 9 heteroatoms. The first-order valence-corrected chi connectivity index (χ1v) is 9.98. The molecule has 1 amide bonds. The molecule has 0 spiro atoms. The average Bonchev–Trinajstić information content (AvgIpc) is 3.25. The highest BCUT2D eigenvalue weighted by atomic mass is 19.4. The number of halogens is 3. The quantitative estimate of drug-likeness (QED) is 0.610. The van der Waals surface area contributed by atoms with Crippen LogP contribution in [-0.4, -0.2) is 67.1 Å².